The number of hydrogen-bond donors (Lipinski definition) is 1. The minimum Gasteiger partial charge on any atom is -0.383 e. The van der Waals surface area contributed by atoms with Crippen molar-refractivity contribution in [2.24, 2.45) is 5.92 Å². The van der Waals surface area contributed by atoms with Crippen molar-refractivity contribution in [2.75, 3.05) is 26.8 Å². The molecule has 118 valence electrons. The Balaban J connectivity index is 2.07. The van der Waals surface area contributed by atoms with Crippen LogP contribution >= 0.6 is 0 Å². The highest BCUT2D eigenvalue weighted by molar-refractivity contribution is 5.29. The van der Waals surface area contributed by atoms with Crippen LogP contribution in [0.5, 0.6) is 0 Å². The molecule has 0 aromatic carbocycles. The molecule has 0 spiro atoms. The fourth-order valence-electron chi connectivity index (χ4n) is 2.84. The van der Waals surface area contributed by atoms with Gasteiger partial charge in [0, 0.05) is 31.0 Å². The molecular formula is C17H29N3O. The summed E-state index contributed by atoms with van der Waals surface area (Å²) in [6, 6.07) is 0. The van der Waals surface area contributed by atoms with Crippen molar-refractivity contribution < 1.29 is 4.74 Å². The molecule has 0 amide bonds. The first-order valence-corrected chi connectivity index (χ1v) is 8.29. The Morgan fingerprint density at radius 1 is 1.14 bits per heavy atom. The van der Waals surface area contributed by atoms with Gasteiger partial charge in [0.1, 0.15) is 5.82 Å². The molecule has 1 aliphatic carbocycles. The van der Waals surface area contributed by atoms with Gasteiger partial charge in [-0.3, -0.25) is 0 Å². The summed E-state index contributed by atoms with van der Waals surface area (Å²) in [7, 11) is 1.73. The summed E-state index contributed by atoms with van der Waals surface area (Å²) in [6.45, 7) is 9.31. The normalized spacial score (nSPS) is 20.8. The molecule has 2 unspecified atom stereocenters. The van der Waals surface area contributed by atoms with Crippen molar-refractivity contribution in [1.29, 1.82) is 0 Å². The molecule has 1 heterocycles. The zero-order chi connectivity index (χ0) is 15.2. The van der Waals surface area contributed by atoms with Gasteiger partial charge in [0.25, 0.3) is 0 Å². The summed E-state index contributed by atoms with van der Waals surface area (Å²) < 4.78 is 5.06. The predicted octanol–water partition coefficient (Wildman–Crippen LogP) is 2.50. The van der Waals surface area contributed by atoms with E-state index < -0.39 is 0 Å². The number of nitrogens with zero attached hydrogens (tertiary/aromatic N) is 2. The van der Waals surface area contributed by atoms with Crippen LogP contribution in [0, 0.1) is 5.92 Å². The lowest BCUT2D eigenvalue weighted by atomic mass is 10.0. The van der Waals surface area contributed by atoms with Crippen molar-refractivity contribution in [3.8, 4) is 0 Å². The van der Waals surface area contributed by atoms with Crippen LogP contribution in [-0.2, 0) is 24.0 Å². The molecule has 1 N–H and O–H groups in total. The van der Waals surface area contributed by atoms with E-state index in [2.05, 4.69) is 26.1 Å². The van der Waals surface area contributed by atoms with Gasteiger partial charge >= 0.3 is 0 Å². The number of hydrogen-bond acceptors (Lipinski definition) is 4. The minimum atomic E-state index is 0.606. The molecule has 1 fully saturated rings. The molecule has 2 atom stereocenters. The SMILES string of the molecule is CCc1nc(C2CC2C)nc(CC)c1CCNCCOC. The third-order valence-corrected chi connectivity index (χ3v) is 4.34. The number of aromatic nitrogens is 2. The standard InChI is InChI=1S/C17H29N3O/c1-5-15-13(7-8-18-9-10-21-4)16(6-2)20-17(19-15)14-11-12(14)3/h12,14,18H,5-11H2,1-4H3. The molecule has 1 aromatic rings. The van der Waals surface area contributed by atoms with Crippen molar-refractivity contribution >= 4 is 0 Å². The van der Waals surface area contributed by atoms with Crippen LogP contribution in [0.4, 0.5) is 0 Å². The van der Waals surface area contributed by atoms with Gasteiger partial charge in [-0.1, -0.05) is 20.8 Å². The Morgan fingerprint density at radius 3 is 2.24 bits per heavy atom. The highest BCUT2D eigenvalue weighted by atomic mass is 16.5. The van der Waals surface area contributed by atoms with E-state index in [9.17, 15) is 0 Å². The molecule has 1 aromatic heterocycles. The number of methoxy groups -OCH3 is 1. The van der Waals surface area contributed by atoms with E-state index in [1.807, 2.05) is 0 Å². The van der Waals surface area contributed by atoms with Crippen molar-refractivity contribution in [3.05, 3.63) is 22.8 Å². The number of aryl methyl sites for hydroxylation is 2. The average molecular weight is 291 g/mol. The largest absolute Gasteiger partial charge is 0.383 e. The predicted molar refractivity (Wildman–Crippen MR) is 85.8 cm³/mol. The summed E-state index contributed by atoms with van der Waals surface area (Å²) in [5, 5.41) is 3.41. The average Bonchev–Trinajstić information content (AvgIpc) is 3.23. The fourth-order valence-corrected chi connectivity index (χ4v) is 2.84. The van der Waals surface area contributed by atoms with Gasteiger partial charge in [-0.2, -0.15) is 0 Å². The zero-order valence-electron chi connectivity index (χ0n) is 13.9. The molecule has 4 heteroatoms. The molecular weight excluding hydrogens is 262 g/mol. The molecule has 1 saturated carbocycles. The van der Waals surface area contributed by atoms with Crippen LogP contribution < -0.4 is 5.32 Å². The Morgan fingerprint density at radius 2 is 1.76 bits per heavy atom. The third kappa shape index (κ3) is 4.24. The lowest BCUT2D eigenvalue weighted by Gasteiger charge is -2.14. The Hall–Kier alpha value is -1.00. The number of ether oxygens (including phenoxy) is 1. The molecule has 0 bridgehead atoms. The highest BCUT2D eigenvalue weighted by Crippen LogP contribution is 2.45. The van der Waals surface area contributed by atoms with Gasteiger partial charge in [-0.15, -0.1) is 0 Å². The van der Waals surface area contributed by atoms with E-state index in [1.54, 1.807) is 7.11 Å². The summed E-state index contributed by atoms with van der Waals surface area (Å²) in [5.74, 6) is 2.46. The highest BCUT2D eigenvalue weighted by Gasteiger charge is 2.37. The van der Waals surface area contributed by atoms with Gasteiger partial charge in [0.15, 0.2) is 0 Å². The topological polar surface area (TPSA) is 47.0 Å². The molecule has 21 heavy (non-hydrogen) atoms. The second kappa shape index (κ2) is 7.85. The molecule has 4 nitrogen and oxygen atoms in total. The first kappa shape index (κ1) is 16.4. The van der Waals surface area contributed by atoms with Crippen LogP contribution in [0.2, 0.25) is 0 Å². The summed E-state index contributed by atoms with van der Waals surface area (Å²) in [5.41, 5.74) is 3.87. The maximum Gasteiger partial charge on any atom is 0.132 e. The molecule has 0 aliphatic heterocycles. The van der Waals surface area contributed by atoms with Crippen LogP contribution in [0.3, 0.4) is 0 Å². The Kier molecular flexibility index (Phi) is 6.12. The molecule has 0 radical (unpaired) electrons. The first-order chi connectivity index (χ1) is 10.2. The monoisotopic (exact) mass is 291 g/mol. The summed E-state index contributed by atoms with van der Waals surface area (Å²) in [6.07, 6.45) is 4.26. The second-order valence-electron chi connectivity index (χ2n) is 5.97. The third-order valence-electron chi connectivity index (χ3n) is 4.34. The number of rotatable bonds is 9. The van der Waals surface area contributed by atoms with Gasteiger partial charge < -0.3 is 10.1 Å². The molecule has 1 aliphatic rings. The van der Waals surface area contributed by atoms with E-state index >= 15 is 0 Å². The zero-order valence-corrected chi connectivity index (χ0v) is 13.9. The maximum atomic E-state index is 5.06. The Labute approximate surface area is 128 Å². The Bertz CT molecular complexity index is 436. The van der Waals surface area contributed by atoms with Crippen LogP contribution in [-0.4, -0.2) is 36.8 Å². The second-order valence-corrected chi connectivity index (χ2v) is 5.97. The first-order valence-electron chi connectivity index (χ1n) is 8.29. The van der Waals surface area contributed by atoms with Gasteiger partial charge in [-0.25, -0.2) is 9.97 Å². The fraction of sp³-hybridized carbons (Fsp3) is 0.765. The lowest BCUT2D eigenvalue weighted by molar-refractivity contribution is 0.199. The maximum absolute atomic E-state index is 5.06. The lowest BCUT2D eigenvalue weighted by Crippen LogP contribution is -2.23. The van der Waals surface area contributed by atoms with E-state index in [1.165, 1.54) is 23.4 Å². The number of nitrogens with one attached hydrogen (secondary N) is 1. The van der Waals surface area contributed by atoms with Crippen LogP contribution in [0.15, 0.2) is 0 Å². The molecule has 0 saturated heterocycles. The van der Waals surface area contributed by atoms with Crippen LogP contribution in [0.25, 0.3) is 0 Å². The minimum absolute atomic E-state index is 0.606. The van der Waals surface area contributed by atoms with Crippen molar-refractivity contribution in [3.63, 3.8) is 0 Å². The van der Waals surface area contributed by atoms with E-state index in [0.29, 0.717) is 5.92 Å². The van der Waals surface area contributed by atoms with Crippen LogP contribution in [0.1, 0.15) is 55.9 Å². The van der Waals surface area contributed by atoms with Crippen molar-refractivity contribution in [1.82, 2.24) is 15.3 Å². The van der Waals surface area contributed by atoms with Crippen molar-refractivity contribution in [2.45, 2.75) is 52.4 Å². The van der Waals surface area contributed by atoms with E-state index in [0.717, 1.165) is 50.7 Å². The summed E-state index contributed by atoms with van der Waals surface area (Å²) >= 11 is 0. The van der Waals surface area contributed by atoms with Gasteiger partial charge in [0.2, 0.25) is 0 Å². The smallest absolute Gasteiger partial charge is 0.132 e. The van der Waals surface area contributed by atoms with E-state index in [4.69, 9.17) is 14.7 Å². The quantitative estimate of drug-likeness (QED) is 0.710. The molecule has 2 rings (SSSR count). The van der Waals surface area contributed by atoms with Gasteiger partial charge in [0.05, 0.1) is 6.61 Å². The van der Waals surface area contributed by atoms with E-state index in [-0.39, 0.29) is 0 Å². The van der Waals surface area contributed by atoms with Gasteiger partial charge in [-0.05, 0) is 43.7 Å². The summed E-state index contributed by atoms with van der Waals surface area (Å²) in [4.78, 5) is 9.73.